The molecule has 0 aromatic heterocycles. The number of likely N-dealkylation sites (N-methyl/N-ethyl adjacent to an activating group) is 1. The average Bonchev–Trinajstić information content (AvgIpc) is 2.78. The van der Waals surface area contributed by atoms with Gasteiger partial charge < -0.3 is 9.64 Å². The fourth-order valence-electron chi connectivity index (χ4n) is 2.47. The minimum atomic E-state index is -3.02. The van der Waals surface area contributed by atoms with Crippen LogP contribution in [0.1, 0.15) is 13.3 Å². The van der Waals surface area contributed by atoms with E-state index in [0.717, 1.165) is 4.47 Å². The third-order valence-electron chi connectivity index (χ3n) is 3.56. The number of sulfone groups is 1. The van der Waals surface area contributed by atoms with Crippen molar-refractivity contribution in [3.8, 4) is 5.75 Å². The second-order valence-electron chi connectivity index (χ2n) is 5.10. The number of hydrogen-bond acceptors (Lipinski definition) is 4. The summed E-state index contributed by atoms with van der Waals surface area (Å²) < 4.78 is 29.4. The van der Waals surface area contributed by atoms with Crippen molar-refractivity contribution in [2.45, 2.75) is 19.4 Å². The molecule has 0 N–H and O–H groups in total. The number of benzene rings is 1. The molecular weight excluding hydrogens is 394 g/mol. The first-order valence-electron chi connectivity index (χ1n) is 6.90. The summed E-state index contributed by atoms with van der Waals surface area (Å²) in [6.45, 7) is 2.12. The van der Waals surface area contributed by atoms with Crippen molar-refractivity contribution in [2.24, 2.45) is 0 Å². The topological polar surface area (TPSA) is 63.7 Å². The molecule has 1 amide bonds. The Bertz CT molecular complexity index is 665. The Hall–Kier alpha value is -0.790. The molecule has 5 nitrogen and oxygen atoms in total. The van der Waals surface area contributed by atoms with Gasteiger partial charge in [0.2, 0.25) is 0 Å². The summed E-state index contributed by atoms with van der Waals surface area (Å²) in [7, 11) is -3.02. The lowest BCUT2D eigenvalue weighted by atomic mass is 10.2. The van der Waals surface area contributed by atoms with E-state index < -0.39 is 9.84 Å². The van der Waals surface area contributed by atoms with Crippen LogP contribution in [0.25, 0.3) is 0 Å². The summed E-state index contributed by atoms with van der Waals surface area (Å²) in [4.78, 5) is 13.8. The lowest BCUT2D eigenvalue weighted by Crippen LogP contribution is -2.43. The van der Waals surface area contributed by atoms with Crippen molar-refractivity contribution in [2.75, 3.05) is 24.7 Å². The zero-order valence-electron chi connectivity index (χ0n) is 12.1. The van der Waals surface area contributed by atoms with Crippen LogP contribution in [-0.4, -0.2) is 49.9 Å². The van der Waals surface area contributed by atoms with E-state index in [1.807, 2.05) is 6.92 Å². The summed E-state index contributed by atoms with van der Waals surface area (Å²) >= 11 is 9.33. The molecule has 0 aliphatic carbocycles. The van der Waals surface area contributed by atoms with Crippen molar-refractivity contribution in [3.05, 3.63) is 27.7 Å². The zero-order valence-corrected chi connectivity index (χ0v) is 15.2. The number of carbonyl (C=O) groups excluding carboxylic acids is 1. The van der Waals surface area contributed by atoms with Crippen molar-refractivity contribution >= 4 is 43.3 Å². The molecule has 2 rings (SSSR count). The van der Waals surface area contributed by atoms with E-state index >= 15 is 0 Å². The van der Waals surface area contributed by atoms with E-state index in [4.69, 9.17) is 16.3 Å². The molecule has 1 aliphatic heterocycles. The van der Waals surface area contributed by atoms with Crippen molar-refractivity contribution in [1.82, 2.24) is 4.90 Å². The molecule has 1 aromatic rings. The van der Waals surface area contributed by atoms with Crippen LogP contribution in [0.5, 0.6) is 5.75 Å². The monoisotopic (exact) mass is 409 g/mol. The van der Waals surface area contributed by atoms with E-state index in [2.05, 4.69) is 15.9 Å². The smallest absolute Gasteiger partial charge is 0.260 e. The van der Waals surface area contributed by atoms with Gasteiger partial charge in [-0.2, -0.15) is 0 Å². The Balaban J connectivity index is 1.98. The highest BCUT2D eigenvalue weighted by Crippen LogP contribution is 2.28. The number of amides is 1. The molecule has 1 aromatic carbocycles. The molecule has 0 radical (unpaired) electrons. The molecule has 0 saturated carbocycles. The highest BCUT2D eigenvalue weighted by molar-refractivity contribution is 9.10. The predicted molar refractivity (Wildman–Crippen MR) is 89.1 cm³/mol. The first-order chi connectivity index (χ1) is 10.3. The Morgan fingerprint density at radius 2 is 2.23 bits per heavy atom. The van der Waals surface area contributed by atoms with Crippen LogP contribution in [0.2, 0.25) is 5.02 Å². The van der Waals surface area contributed by atoms with E-state index in [9.17, 15) is 13.2 Å². The molecule has 22 heavy (non-hydrogen) atoms. The summed E-state index contributed by atoms with van der Waals surface area (Å²) in [5.41, 5.74) is 0. The van der Waals surface area contributed by atoms with Crippen molar-refractivity contribution in [3.63, 3.8) is 0 Å². The second-order valence-corrected chi connectivity index (χ2v) is 8.65. The number of rotatable bonds is 5. The molecule has 1 aliphatic rings. The fourth-order valence-corrected chi connectivity index (χ4v) is 4.93. The third-order valence-corrected chi connectivity index (χ3v) is 6.09. The van der Waals surface area contributed by atoms with Gasteiger partial charge in [0.1, 0.15) is 5.75 Å². The highest BCUT2D eigenvalue weighted by atomic mass is 79.9. The van der Waals surface area contributed by atoms with Crippen LogP contribution in [0, 0.1) is 0 Å². The van der Waals surface area contributed by atoms with Gasteiger partial charge in [-0.25, -0.2) is 8.42 Å². The Labute approximate surface area is 143 Å². The summed E-state index contributed by atoms with van der Waals surface area (Å²) in [6, 6.07) is 4.87. The van der Waals surface area contributed by atoms with Crippen LogP contribution < -0.4 is 4.74 Å². The van der Waals surface area contributed by atoms with Crippen LogP contribution >= 0.6 is 27.5 Å². The molecular formula is C14H17BrClNO4S. The zero-order chi connectivity index (χ0) is 16.3. The van der Waals surface area contributed by atoms with E-state index in [0.29, 0.717) is 23.7 Å². The first kappa shape index (κ1) is 17.6. The van der Waals surface area contributed by atoms with Gasteiger partial charge >= 0.3 is 0 Å². The van der Waals surface area contributed by atoms with Gasteiger partial charge in [0.15, 0.2) is 16.4 Å². The quantitative estimate of drug-likeness (QED) is 0.748. The Morgan fingerprint density at radius 3 is 2.77 bits per heavy atom. The maximum Gasteiger partial charge on any atom is 0.260 e. The van der Waals surface area contributed by atoms with Crippen LogP contribution in [0.4, 0.5) is 0 Å². The molecule has 1 fully saturated rings. The summed E-state index contributed by atoms with van der Waals surface area (Å²) in [5.74, 6) is 0.365. The minimum Gasteiger partial charge on any atom is -0.482 e. The lowest BCUT2D eigenvalue weighted by Gasteiger charge is -2.26. The number of ether oxygens (including phenoxy) is 1. The van der Waals surface area contributed by atoms with Gasteiger partial charge in [0.25, 0.3) is 5.91 Å². The molecule has 0 bridgehead atoms. The number of hydrogen-bond donors (Lipinski definition) is 0. The third kappa shape index (κ3) is 4.36. The van der Waals surface area contributed by atoms with Gasteiger partial charge in [0, 0.05) is 17.1 Å². The van der Waals surface area contributed by atoms with Gasteiger partial charge in [-0.1, -0.05) is 27.5 Å². The van der Waals surface area contributed by atoms with Gasteiger partial charge in [0.05, 0.1) is 16.5 Å². The van der Waals surface area contributed by atoms with Crippen molar-refractivity contribution in [1.29, 1.82) is 0 Å². The number of nitrogens with zero attached hydrogens (tertiary/aromatic N) is 1. The SMILES string of the molecule is CCN(C(=O)COc1ccc(Br)cc1Cl)[C@@H]1CCS(=O)(=O)C1. The highest BCUT2D eigenvalue weighted by Gasteiger charge is 2.33. The van der Waals surface area contributed by atoms with Gasteiger partial charge in [-0.3, -0.25) is 4.79 Å². The molecule has 0 spiro atoms. The molecule has 122 valence electrons. The average molecular weight is 411 g/mol. The van der Waals surface area contributed by atoms with Crippen molar-refractivity contribution < 1.29 is 17.9 Å². The van der Waals surface area contributed by atoms with Gasteiger partial charge in [-0.15, -0.1) is 0 Å². The predicted octanol–water partition coefficient (Wildman–Crippen LogP) is 2.52. The van der Waals surface area contributed by atoms with E-state index in [-0.39, 0.29) is 30.1 Å². The van der Waals surface area contributed by atoms with Gasteiger partial charge in [-0.05, 0) is 31.5 Å². The molecule has 1 saturated heterocycles. The van der Waals surface area contributed by atoms with E-state index in [1.54, 1.807) is 23.1 Å². The van der Waals surface area contributed by atoms with Crippen LogP contribution in [-0.2, 0) is 14.6 Å². The number of halogens is 2. The standard InChI is InChI=1S/C14H17BrClNO4S/c1-2-17(11-5-6-22(19,20)9-11)14(18)8-21-13-4-3-10(15)7-12(13)16/h3-4,7,11H,2,5-6,8-9H2,1H3/t11-/m1/s1. The fraction of sp³-hybridized carbons (Fsp3) is 0.500. The van der Waals surface area contributed by atoms with Crippen LogP contribution in [0.15, 0.2) is 22.7 Å². The molecule has 0 unspecified atom stereocenters. The normalized spacial score (nSPS) is 19.9. The van der Waals surface area contributed by atoms with E-state index in [1.165, 1.54) is 0 Å². The second kappa shape index (κ2) is 7.19. The molecule has 1 atom stereocenters. The summed E-state index contributed by atoms with van der Waals surface area (Å²) in [6.07, 6.45) is 0.487. The first-order valence-corrected chi connectivity index (χ1v) is 9.89. The maximum atomic E-state index is 12.3. The number of carbonyl (C=O) groups is 1. The van der Waals surface area contributed by atoms with Crippen LogP contribution in [0.3, 0.4) is 0 Å². The Kier molecular flexibility index (Phi) is 5.74. The largest absolute Gasteiger partial charge is 0.482 e. The minimum absolute atomic E-state index is 0.0334. The molecule has 8 heteroatoms. The summed E-state index contributed by atoms with van der Waals surface area (Å²) in [5, 5.41) is 0.411. The molecule has 1 heterocycles. The maximum absolute atomic E-state index is 12.3. The lowest BCUT2D eigenvalue weighted by molar-refractivity contribution is -0.135. The Morgan fingerprint density at radius 1 is 1.50 bits per heavy atom.